The van der Waals surface area contributed by atoms with Gasteiger partial charge in [-0.15, -0.1) is 0 Å². The molecule has 1 aliphatic rings. The van der Waals surface area contributed by atoms with Gasteiger partial charge in [-0.2, -0.15) is 0 Å². The van der Waals surface area contributed by atoms with Gasteiger partial charge in [-0.3, -0.25) is 4.79 Å². The molecule has 54 heavy (non-hydrogen) atoms. The Morgan fingerprint density at radius 1 is 0.685 bits per heavy atom. The van der Waals surface area contributed by atoms with Gasteiger partial charge in [0.05, 0.1) is 31.5 Å². The minimum absolute atomic E-state index is 0.166. The first-order valence-corrected chi connectivity index (χ1v) is 22.0. The molecule has 2 unspecified atom stereocenters. The Balaban J connectivity index is 2.56. The second-order valence-electron chi connectivity index (χ2n) is 16.0. The van der Waals surface area contributed by atoms with E-state index in [-0.39, 0.29) is 18.9 Å². The van der Waals surface area contributed by atoms with E-state index in [1.165, 1.54) is 109 Å². The Morgan fingerprint density at radius 2 is 1.17 bits per heavy atom. The van der Waals surface area contributed by atoms with Crippen LogP contribution in [0.2, 0.25) is 0 Å². The molecule has 11 heteroatoms. The van der Waals surface area contributed by atoms with Crippen molar-refractivity contribution in [2.24, 2.45) is 5.92 Å². The van der Waals surface area contributed by atoms with E-state index in [1.54, 1.807) is 6.08 Å². The van der Waals surface area contributed by atoms with Gasteiger partial charge in [-0.1, -0.05) is 168 Å². The molecule has 0 aromatic carbocycles. The van der Waals surface area contributed by atoms with Gasteiger partial charge in [0.2, 0.25) is 5.91 Å². The van der Waals surface area contributed by atoms with Crippen molar-refractivity contribution in [3.05, 3.63) is 12.2 Å². The van der Waals surface area contributed by atoms with Crippen molar-refractivity contribution >= 4 is 5.91 Å². The van der Waals surface area contributed by atoms with Crippen LogP contribution in [-0.4, -0.2) is 110 Å². The smallest absolute Gasteiger partial charge is 0.249 e. The largest absolute Gasteiger partial charge is 0.394 e. The van der Waals surface area contributed by atoms with Gasteiger partial charge in [-0.05, 0) is 31.6 Å². The average molecular weight is 774 g/mol. The molecule has 1 aliphatic heterocycles. The van der Waals surface area contributed by atoms with Crippen LogP contribution in [0.15, 0.2) is 12.2 Å². The lowest BCUT2D eigenvalue weighted by molar-refractivity contribution is -0.302. The van der Waals surface area contributed by atoms with Crippen molar-refractivity contribution in [2.45, 2.75) is 236 Å². The Morgan fingerprint density at radius 3 is 1.67 bits per heavy atom. The molecule has 1 saturated heterocycles. The van der Waals surface area contributed by atoms with E-state index >= 15 is 0 Å². The molecule has 1 heterocycles. The zero-order chi connectivity index (χ0) is 40.0. The summed E-state index contributed by atoms with van der Waals surface area (Å²) in [6.07, 6.45) is 20.6. The van der Waals surface area contributed by atoms with Gasteiger partial charge in [0.15, 0.2) is 6.29 Å². The van der Waals surface area contributed by atoms with E-state index < -0.39 is 67.6 Å². The molecule has 1 amide bonds. The number of hydrogen-bond donors (Lipinski definition) is 8. The standard InChI is InChI=1S/C43H83NO10/c1-4-6-8-10-12-13-14-15-16-17-18-20-22-24-30-37(48)42(52)44-34(32-53-43-41(51)40(50)39(49)38(31-45)54-43)36(47)29-26-25-28-35(46)33(3)27-23-21-19-11-9-7-5-2/h26,29,33-41,43,45-51H,4-25,27-28,30-32H2,1-3H3,(H,44,52)/b29-26+/t33?,34-,35?,36+,37+,38+,39+,40-,41+,43+/m0/s1. The minimum atomic E-state index is -1.64. The van der Waals surface area contributed by atoms with Crippen LogP contribution in [0, 0.1) is 5.92 Å². The summed E-state index contributed by atoms with van der Waals surface area (Å²) in [4.78, 5) is 13.0. The van der Waals surface area contributed by atoms with E-state index in [9.17, 15) is 40.5 Å². The molecule has 1 rings (SSSR count). The Bertz CT molecular complexity index is 907. The fourth-order valence-corrected chi connectivity index (χ4v) is 7.11. The van der Waals surface area contributed by atoms with E-state index in [2.05, 4.69) is 26.1 Å². The zero-order valence-corrected chi connectivity index (χ0v) is 34.4. The average Bonchev–Trinajstić information content (AvgIpc) is 3.17. The van der Waals surface area contributed by atoms with E-state index in [0.29, 0.717) is 19.3 Å². The maximum absolute atomic E-state index is 13.0. The number of nitrogens with one attached hydrogen (secondary N) is 1. The highest BCUT2D eigenvalue weighted by atomic mass is 16.7. The van der Waals surface area contributed by atoms with Crippen molar-refractivity contribution < 1.29 is 50.0 Å². The first kappa shape index (κ1) is 50.9. The molecule has 0 saturated carbocycles. The van der Waals surface area contributed by atoms with Gasteiger partial charge in [0.1, 0.15) is 30.5 Å². The third-order valence-corrected chi connectivity index (χ3v) is 11.0. The summed E-state index contributed by atoms with van der Waals surface area (Å²) in [5, 5.41) is 75.3. The van der Waals surface area contributed by atoms with Crippen LogP contribution in [0.25, 0.3) is 0 Å². The number of unbranched alkanes of at least 4 members (excludes halogenated alkanes) is 19. The van der Waals surface area contributed by atoms with Crippen LogP contribution < -0.4 is 5.32 Å². The lowest BCUT2D eigenvalue weighted by atomic mass is 9.94. The summed E-state index contributed by atoms with van der Waals surface area (Å²) in [5.41, 5.74) is 0. The number of allylic oxidation sites excluding steroid dienone is 1. The molecule has 0 aromatic heterocycles. The molecule has 10 atom stereocenters. The van der Waals surface area contributed by atoms with E-state index in [0.717, 1.165) is 32.1 Å². The summed E-state index contributed by atoms with van der Waals surface area (Å²) >= 11 is 0. The number of rotatable bonds is 35. The number of ether oxygens (including phenoxy) is 2. The summed E-state index contributed by atoms with van der Waals surface area (Å²) in [5.74, 6) is -0.492. The first-order valence-electron chi connectivity index (χ1n) is 22.0. The van der Waals surface area contributed by atoms with Crippen LogP contribution in [0.5, 0.6) is 0 Å². The minimum Gasteiger partial charge on any atom is -0.394 e. The monoisotopic (exact) mass is 774 g/mol. The Kier molecular flexibility index (Phi) is 31.0. The van der Waals surface area contributed by atoms with Crippen LogP contribution in [0.3, 0.4) is 0 Å². The number of carbonyl (C=O) groups excluding carboxylic acids is 1. The molecular weight excluding hydrogens is 690 g/mol. The SMILES string of the molecule is CCCCCCCCCCCCCCCC[C@@H](O)C(=O)N[C@@H](CO[C@@H]1O[C@H](CO)[C@@H](O)[C@H](O)[C@H]1O)[C@H](O)/C=C/CCC(O)C(C)CCCCCCCCC. The highest BCUT2D eigenvalue weighted by Crippen LogP contribution is 2.23. The second kappa shape index (κ2) is 32.9. The molecule has 0 aromatic rings. The molecule has 1 fully saturated rings. The van der Waals surface area contributed by atoms with Crippen LogP contribution >= 0.6 is 0 Å². The van der Waals surface area contributed by atoms with Gasteiger partial charge in [-0.25, -0.2) is 0 Å². The summed E-state index contributed by atoms with van der Waals surface area (Å²) in [7, 11) is 0. The van der Waals surface area contributed by atoms with E-state index in [1.807, 2.05) is 0 Å². The molecule has 8 N–H and O–H groups in total. The van der Waals surface area contributed by atoms with Crippen LogP contribution in [0.1, 0.15) is 181 Å². The zero-order valence-electron chi connectivity index (χ0n) is 34.4. The number of aliphatic hydroxyl groups is 7. The Labute approximate surface area is 328 Å². The van der Waals surface area contributed by atoms with Gasteiger partial charge in [0.25, 0.3) is 0 Å². The van der Waals surface area contributed by atoms with Gasteiger partial charge >= 0.3 is 0 Å². The van der Waals surface area contributed by atoms with Gasteiger partial charge in [0, 0.05) is 0 Å². The Hall–Kier alpha value is -1.15. The number of carbonyl (C=O) groups is 1. The molecule has 0 spiro atoms. The molecule has 0 radical (unpaired) electrons. The fraction of sp³-hybridized carbons (Fsp3) is 0.930. The van der Waals surface area contributed by atoms with Crippen molar-refractivity contribution in [1.82, 2.24) is 5.32 Å². The number of amides is 1. The van der Waals surface area contributed by atoms with Crippen molar-refractivity contribution in [2.75, 3.05) is 13.2 Å². The van der Waals surface area contributed by atoms with Crippen LogP contribution in [0.4, 0.5) is 0 Å². The molecule has 0 bridgehead atoms. The summed E-state index contributed by atoms with van der Waals surface area (Å²) in [6.45, 7) is 5.54. The topological polar surface area (TPSA) is 189 Å². The van der Waals surface area contributed by atoms with Crippen molar-refractivity contribution in [3.63, 3.8) is 0 Å². The molecular formula is C43H83NO10. The fourth-order valence-electron chi connectivity index (χ4n) is 7.11. The third kappa shape index (κ3) is 23.2. The lowest BCUT2D eigenvalue weighted by Crippen LogP contribution is -2.60. The molecule has 0 aliphatic carbocycles. The first-order chi connectivity index (χ1) is 26.1. The second-order valence-corrected chi connectivity index (χ2v) is 16.0. The van der Waals surface area contributed by atoms with E-state index in [4.69, 9.17) is 9.47 Å². The summed E-state index contributed by atoms with van der Waals surface area (Å²) < 4.78 is 11.1. The number of aliphatic hydroxyl groups excluding tert-OH is 7. The highest BCUT2D eigenvalue weighted by Gasteiger charge is 2.44. The van der Waals surface area contributed by atoms with Gasteiger partial charge < -0.3 is 50.5 Å². The van der Waals surface area contributed by atoms with Crippen molar-refractivity contribution in [3.8, 4) is 0 Å². The lowest BCUT2D eigenvalue weighted by Gasteiger charge is -2.40. The van der Waals surface area contributed by atoms with Crippen LogP contribution in [-0.2, 0) is 14.3 Å². The molecule has 320 valence electrons. The van der Waals surface area contributed by atoms with Crippen molar-refractivity contribution in [1.29, 1.82) is 0 Å². The predicted octanol–water partition coefficient (Wildman–Crippen LogP) is 6.36. The normalized spacial score (nSPS) is 23.3. The maximum atomic E-state index is 13.0. The third-order valence-electron chi connectivity index (χ3n) is 11.0. The maximum Gasteiger partial charge on any atom is 0.249 e. The number of hydrogen-bond acceptors (Lipinski definition) is 10. The predicted molar refractivity (Wildman–Crippen MR) is 215 cm³/mol. The molecule has 11 nitrogen and oxygen atoms in total. The quantitative estimate of drug-likeness (QED) is 0.0266. The highest BCUT2D eigenvalue weighted by molar-refractivity contribution is 5.80. The summed E-state index contributed by atoms with van der Waals surface area (Å²) in [6, 6.07) is -1.05.